The van der Waals surface area contributed by atoms with E-state index in [0.29, 0.717) is 24.5 Å². The number of anilines is 1. The van der Waals surface area contributed by atoms with Crippen LogP contribution in [0.2, 0.25) is 0 Å². The molecule has 1 amide bonds. The molecule has 1 heterocycles. The zero-order valence-electron chi connectivity index (χ0n) is 15.7. The molecule has 2 aromatic rings. The number of hydrogen-bond acceptors (Lipinski definition) is 4. The normalized spacial score (nSPS) is 15.2. The van der Waals surface area contributed by atoms with E-state index in [1.165, 1.54) is 16.4 Å². The fraction of sp³-hybridized carbons (Fsp3) is 0.350. The lowest BCUT2D eigenvalue weighted by atomic mass is 10.2. The van der Waals surface area contributed by atoms with Crippen molar-refractivity contribution in [2.24, 2.45) is 0 Å². The lowest BCUT2D eigenvalue weighted by Gasteiger charge is -2.25. The number of carbonyl (C=O) groups excluding carboxylic acids is 1. The summed E-state index contributed by atoms with van der Waals surface area (Å²) in [6.45, 7) is 2.90. The topological polar surface area (TPSA) is 75.7 Å². The van der Waals surface area contributed by atoms with Crippen molar-refractivity contribution in [3.8, 4) is 5.75 Å². The number of nitrogens with zero attached hydrogens (tertiary/aromatic N) is 1. The Bertz CT molecular complexity index is 939. The Hall–Kier alpha value is -1.90. The second kappa shape index (κ2) is 9.07. The van der Waals surface area contributed by atoms with Gasteiger partial charge in [-0.1, -0.05) is 22.4 Å². The molecule has 0 unspecified atom stereocenters. The summed E-state index contributed by atoms with van der Waals surface area (Å²) in [6, 6.07) is 11.8. The zero-order chi connectivity index (χ0) is 20.1. The van der Waals surface area contributed by atoms with Crippen LogP contribution in [0.1, 0.15) is 24.8 Å². The molecule has 0 bridgehead atoms. The zero-order valence-corrected chi connectivity index (χ0v) is 18.1. The number of hydrogen-bond donors (Lipinski definition) is 1. The highest BCUT2D eigenvalue weighted by molar-refractivity contribution is 9.10. The lowest BCUT2D eigenvalue weighted by molar-refractivity contribution is -0.118. The van der Waals surface area contributed by atoms with E-state index in [2.05, 4.69) is 21.2 Å². The van der Waals surface area contributed by atoms with Gasteiger partial charge in [0.1, 0.15) is 5.75 Å². The van der Waals surface area contributed by atoms with Gasteiger partial charge in [-0.2, -0.15) is 4.31 Å². The third kappa shape index (κ3) is 5.12. The number of benzene rings is 2. The molecule has 1 saturated heterocycles. The summed E-state index contributed by atoms with van der Waals surface area (Å²) in [5.74, 6) is 0.329. The van der Waals surface area contributed by atoms with Crippen LogP contribution >= 0.6 is 15.9 Å². The Morgan fingerprint density at radius 3 is 2.43 bits per heavy atom. The average molecular weight is 467 g/mol. The predicted molar refractivity (Wildman–Crippen MR) is 112 cm³/mol. The molecular formula is C20H23BrN2O4S. The van der Waals surface area contributed by atoms with E-state index in [1.54, 1.807) is 18.2 Å². The second-order valence-electron chi connectivity index (χ2n) is 6.74. The van der Waals surface area contributed by atoms with Crippen LogP contribution in [0.25, 0.3) is 0 Å². The average Bonchev–Trinajstić information content (AvgIpc) is 2.68. The Morgan fingerprint density at radius 1 is 1.11 bits per heavy atom. The number of halogens is 1. The van der Waals surface area contributed by atoms with Gasteiger partial charge in [0.15, 0.2) is 6.61 Å². The third-order valence-electron chi connectivity index (χ3n) is 4.59. The van der Waals surface area contributed by atoms with Crippen molar-refractivity contribution < 1.29 is 17.9 Å². The highest BCUT2D eigenvalue weighted by Crippen LogP contribution is 2.23. The molecule has 0 saturated carbocycles. The number of rotatable bonds is 6. The van der Waals surface area contributed by atoms with Gasteiger partial charge in [-0.25, -0.2) is 8.42 Å². The van der Waals surface area contributed by atoms with Crippen molar-refractivity contribution in [1.82, 2.24) is 4.31 Å². The first-order valence-corrected chi connectivity index (χ1v) is 11.4. The number of nitrogens with one attached hydrogen (secondary N) is 1. The summed E-state index contributed by atoms with van der Waals surface area (Å²) in [6.07, 6.45) is 2.86. The summed E-state index contributed by atoms with van der Waals surface area (Å²) in [5, 5.41) is 2.72. The summed E-state index contributed by atoms with van der Waals surface area (Å²) < 4.78 is 33.3. The first-order valence-electron chi connectivity index (χ1n) is 9.15. The quantitative estimate of drug-likeness (QED) is 0.698. The number of amides is 1. The molecule has 1 fully saturated rings. The van der Waals surface area contributed by atoms with Crippen molar-refractivity contribution in [2.75, 3.05) is 25.0 Å². The minimum Gasteiger partial charge on any atom is -0.483 e. The largest absolute Gasteiger partial charge is 0.483 e. The van der Waals surface area contributed by atoms with Crippen LogP contribution < -0.4 is 10.1 Å². The predicted octanol–water partition coefficient (Wildman–Crippen LogP) is 3.95. The highest BCUT2D eigenvalue weighted by atomic mass is 79.9. The van der Waals surface area contributed by atoms with Gasteiger partial charge in [0.25, 0.3) is 5.91 Å². The second-order valence-corrected chi connectivity index (χ2v) is 9.59. The first-order chi connectivity index (χ1) is 13.4. The van der Waals surface area contributed by atoms with Gasteiger partial charge in [-0.05, 0) is 67.8 Å². The van der Waals surface area contributed by atoms with E-state index in [4.69, 9.17) is 4.74 Å². The van der Waals surface area contributed by atoms with E-state index in [0.717, 1.165) is 29.3 Å². The van der Waals surface area contributed by atoms with E-state index >= 15 is 0 Å². The number of piperidine rings is 1. The van der Waals surface area contributed by atoms with E-state index < -0.39 is 10.0 Å². The van der Waals surface area contributed by atoms with Crippen LogP contribution in [-0.2, 0) is 14.8 Å². The van der Waals surface area contributed by atoms with Gasteiger partial charge in [0.2, 0.25) is 10.0 Å². The van der Waals surface area contributed by atoms with Crippen LogP contribution in [0.4, 0.5) is 5.69 Å². The van der Waals surface area contributed by atoms with Crippen molar-refractivity contribution >= 4 is 37.5 Å². The molecule has 0 aliphatic carbocycles. The fourth-order valence-electron chi connectivity index (χ4n) is 3.08. The minimum atomic E-state index is -3.47. The molecule has 3 rings (SSSR count). The van der Waals surface area contributed by atoms with E-state index in [1.807, 2.05) is 19.1 Å². The van der Waals surface area contributed by atoms with Crippen molar-refractivity contribution in [3.63, 3.8) is 0 Å². The Labute approximate surface area is 174 Å². The molecule has 28 heavy (non-hydrogen) atoms. The maximum atomic E-state index is 12.7. The van der Waals surface area contributed by atoms with Gasteiger partial charge in [0, 0.05) is 23.2 Å². The van der Waals surface area contributed by atoms with Crippen LogP contribution in [0.15, 0.2) is 51.8 Å². The van der Waals surface area contributed by atoms with Crippen molar-refractivity contribution in [1.29, 1.82) is 0 Å². The standard InChI is InChI=1S/C20H23BrN2O4S/c1-15-13-16(21)5-10-19(15)27-14-20(24)22-17-6-8-18(9-7-17)28(25,26)23-11-3-2-4-12-23/h5-10,13H,2-4,11-12,14H2,1H3,(H,22,24). The molecule has 8 heteroatoms. The van der Waals surface area contributed by atoms with Crippen molar-refractivity contribution in [2.45, 2.75) is 31.1 Å². The maximum Gasteiger partial charge on any atom is 0.262 e. The number of sulfonamides is 1. The molecule has 0 radical (unpaired) electrons. The first kappa shape index (κ1) is 20.8. The number of carbonyl (C=O) groups is 1. The molecule has 1 aliphatic heterocycles. The van der Waals surface area contributed by atoms with Crippen LogP contribution in [0.3, 0.4) is 0 Å². The lowest BCUT2D eigenvalue weighted by Crippen LogP contribution is -2.35. The Kier molecular flexibility index (Phi) is 6.74. The van der Waals surface area contributed by atoms with Crippen LogP contribution in [0, 0.1) is 6.92 Å². The molecule has 1 N–H and O–H groups in total. The molecule has 150 valence electrons. The molecule has 0 atom stereocenters. The van der Waals surface area contributed by atoms with E-state index in [-0.39, 0.29) is 17.4 Å². The van der Waals surface area contributed by atoms with Gasteiger partial charge < -0.3 is 10.1 Å². The van der Waals surface area contributed by atoms with Gasteiger partial charge in [-0.3, -0.25) is 4.79 Å². The maximum absolute atomic E-state index is 12.7. The smallest absolute Gasteiger partial charge is 0.262 e. The molecule has 6 nitrogen and oxygen atoms in total. The van der Waals surface area contributed by atoms with Crippen LogP contribution in [0.5, 0.6) is 5.75 Å². The van der Waals surface area contributed by atoms with Gasteiger partial charge >= 0.3 is 0 Å². The molecule has 2 aromatic carbocycles. The summed E-state index contributed by atoms with van der Waals surface area (Å²) in [4.78, 5) is 12.4. The third-order valence-corrected chi connectivity index (χ3v) is 6.99. The summed E-state index contributed by atoms with van der Waals surface area (Å²) >= 11 is 3.38. The molecule has 1 aliphatic rings. The van der Waals surface area contributed by atoms with Crippen molar-refractivity contribution in [3.05, 3.63) is 52.5 Å². The Morgan fingerprint density at radius 2 is 1.79 bits per heavy atom. The highest BCUT2D eigenvalue weighted by Gasteiger charge is 2.25. The monoisotopic (exact) mass is 466 g/mol. The fourth-order valence-corrected chi connectivity index (χ4v) is 5.07. The number of ether oxygens (including phenoxy) is 1. The minimum absolute atomic E-state index is 0.129. The molecule has 0 spiro atoms. The van der Waals surface area contributed by atoms with E-state index in [9.17, 15) is 13.2 Å². The van der Waals surface area contributed by atoms with Gasteiger partial charge in [0.05, 0.1) is 4.90 Å². The number of aryl methyl sites for hydroxylation is 1. The van der Waals surface area contributed by atoms with Crippen LogP contribution in [-0.4, -0.2) is 38.3 Å². The summed E-state index contributed by atoms with van der Waals surface area (Å²) in [5.41, 5.74) is 1.45. The molecular weight excluding hydrogens is 444 g/mol. The molecule has 0 aromatic heterocycles. The van der Waals surface area contributed by atoms with Gasteiger partial charge in [-0.15, -0.1) is 0 Å². The SMILES string of the molecule is Cc1cc(Br)ccc1OCC(=O)Nc1ccc(S(=O)(=O)N2CCCCC2)cc1. The Balaban J connectivity index is 1.58. The summed E-state index contributed by atoms with van der Waals surface area (Å²) in [7, 11) is -3.47.